The molecule has 0 unspecified atom stereocenters. The SMILES string of the molecule is CCCNC(=O)N(Cc1ccc(Cl)c(Cl)c1)NC(=O)CCCc1ccc(OC(C)(C)C(=O)OCC)cc1. The molecule has 0 atom stereocenters. The van der Waals surface area contributed by atoms with Gasteiger partial charge in [0.1, 0.15) is 5.75 Å². The number of carbonyl (C=O) groups is 3. The number of amides is 3. The lowest BCUT2D eigenvalue weighted by molar-refractivity contribution is -0.158. The molecule has 0 aromatic heterocycles. The number of carbonyl (C=O) groups excluding carboxylic acids is 3. The molecule has 37 heavy (non-hydrogen) atoms. The van der Waals surface area contributed by atoms with Gasteiger partial charge in [-0.25, -0.2) is 14.6 Å². The molecule has 0 bridgehead atoms. The zero-order valence-corrected chi connectivity index (χ0v) is 23.2. The third-order valence-electron chi connectivity index (χ3n) is 5.29. The molecule has 202 valence electrons. The molecule has 2 aromatic carbocycles. The van der Waals surface area contributed by atoms with Gasteiger partial charge in [-0.1, -0.05) is 48.3 Å². The molecule has 8 nitrogen and oxygen atoms in total. The third-order valence-corrected chi connectivity index (χ3v) is 6.03. The van der Waals surface area contributed by atoms with Gasteiger partial charge in [-0.2, -0.15) is 0 Å². The van der Waals surface area contributed by atoms with E-state index in [0.717, 1.165) is 17.5 Å². The molecule has 2 aromatic rings. The second-order valence-corrected chi connectivity index (χ2v) is 9.75. The van der Waals surface area contributed by atoms with Crippen LogP contribution in [0.4, 0.5) is 4.79 Å². The van der Waals surface area contributed by atoms with Gasteiger partial charge in [-0.05, 0) is 75.4 Å². The number of rotatable bonds is 12. The molecule has 0 fully saturated rings. The zero-order chi connectivity index (χ0) is 27.4. The Kier molecular flexibility index (Phi) is 12.0. The molecular weight excluding hydrogens is 517 g/mol. The van der Waals surface area contributed by atoms with Crippen molar-refractivity contribution in [1.29, 1.82) is 0 Å². The van der Waals surface area contributed by atoms with E-state index in [4.69, 9.17) is 32.7 Å². The Morgan fingerprint density at radius 2 is 1.65 bits per heavy atom. The van der Waals surface area contributed by atoms with Gasteiger partial charge in [0.05, 0.1) is 23.2 Å². The Morgan fingerprint density at radius 3 is 2.27 bits per heavy atom. The van der Waals surface area contributed by atoms with Crippen molar-refractivity contribution >= 4 is 41.1 Å². The van der Waals surface area contributed by atoms with Crippen LogP contribution >= 0.6 is 23.2 Å². The normalized spacial score (nSPS) is 11.0. The number of hydrogen-bond acceptors (Lipinski definition) is 5. The van der Waals surface area contributed by atoms with Crippen molar-refractivity contribution in [3.05, 3.63) is 63.6 Å². The molecule has 3 amide bonds. The average molecular weight is 552 g/mol. The molecule has 0 saturated heterocycles. The number of esters is 1. The first-order chi connectivity index (χ1) is 17.6. The number of halogens is 2. The Bertz CT molecular complexity index is 1060. The summed E-state index contributed by atoms with van der Waals surface area (Å²) in [6.45, 7) is 7.93. The van der Waals surface area contributed by atoms with Gasteiger partial charge >= 0.3 is 12.0 Å². The summed E-state index contributed by atoms with van der Waals surface area (Å²) < 4.78 is 10.8. The van der Waals surface area contributed by atoms with Gasteiger partial charge in [0.25, 0.3) is 0 Å². The molecule has 0 aliphatic heterocycles. The minimum Gasteiger partial charge on any atom is -0.476 e. The standard InChI is InChI=1S/C27H35Cl2N3O5/c1-5-16-30-26(35)32(18-20-12-15-22(28)23(29)17-20)31-24(33)9-7-8-19-10-13-21(14-11-19)37-27(3,4)25(34)36-6-2/h10-15,17H,5-9,16,18H2,1-4H3,(H,30,35)(H,31,33). The minimum atomic E-state index is -1.09. The van der Waals surface area contributed by atoms with Crippen molar-refractivity contribution < 1.29 is 23.9 Å². The van der Waals surface area contributed by atoms with Crippen molar-refractivity contribution in [2.24, 2.45) is 0 Å². The fourth-order valence-electron chi connectivity index (χ4n) is 3.33. The Balaban J connectivity index is 1.90. The van der Waals surface area contributed by atoms with Crippen molar-refractivity contribution in [1.82, 2.24) is 15.8 Å². The van der Waals surface area contributed by atoms with Gasteiger partial charge in [0.2, 0.25) is 5.91 Å². The van der Waals surface area contributed by atoms with Crippen molar-refractivity contribution in [2.75, 3.05) is 13.2 Å². The van der Waals surface area contributed by atoms with E-state index in [9.17, 15) is 14.4 Å². The summed E-state index contributed by atoms with van der Waals surface area (Å²) in [6, 6.07) is 12.0. The maximum atomic E-state index is 12.6. The van der Waals surface area contributed by atoms with E-state index in [2.05, 4.69) is 10.7 Å². The molecule has 0 radical (unpaired) electrons. The van der Waals surface area contributed by atoms with Crippen LogP contribution in [0, 0.1) is 0 Å². The van der Waals surface area contributed by atoms with Gasteiger partial charge in [-0.15, -0.1) is 0 Å². The number of nitrogens with one attached hydrogen (secondary N) is 2. The fourth-order valence-corrected chi connectivity index (χ4v) is 3.66. The van der Waals surface area contributed by atoms with E-state index in [-0.39, 0.29) is 25.5 Å². The number of ether oxygens (including phenoxy) is 2. The Morgan fingerprint density at radius 1 is 0.973 bits per heavy atom. The molecule has 10 heteroatoms. The van der Waals surface area contributed by atoms with Crippen molar-refractivity contribution in [2.45, 2.75) is 65.5 Å². The van der Waals surface area contributed by atoms with Crippen LogP contribution in [0.25, 0.3) is 0 Å². The summed E-state index contributed by atoms with van der Waals surface area (Å²) in [5, 5.41) is 4.81. The second kappa shape index (κ2) is 14.7. The minimum absolute atomic E-state index is 0.141. The number of nitrogens with zero attached hydrogens (tertiary/aromatic N) is 1. The molecule has 0 aliphatic rings. The first-order valence-electron chi connectivity index (χ1n) is 12.3. The second-order valence-electron chi connectivity index (χ2n) is 8.93. The number of hydrazine groups is 1. The van der Waals surface area contributed by atoms with Crippen LogP contribution in [-0.2, 0) is 27.3 Å². The van der Waals surface area contributed by atoms with Gasteiger partial charge in [-0.3, -0.25) is 10.2 Å². The summed E-state index contributed by atoms with van der Waals surface area (Å²) in [6.07, 6.45) is 2.23. The monoisotopic (exact) mass is 551 g/mol. The maximum absolute atomic E-state index is 12.6. The number of urea groups is 1. The number of hydrogen-bond donors (Lipinski definition) is 2. The van der Waals surface area contributed by atoms with E-state index in [1.807, 2.05) is 19.1 Å². The molecule has 0 heterocycles. The Hall–Kier alpha value is -2.97. The lowest BCUT2D eigenvalue weighted by atomic mass is 10.1. The molecule has 2 N–H and O–H groups in total. The van der Waals surface area contributed by atoms with Crippen molar-refractivity contribution in [3.8, 4) is 5.75 Å². The smallest absolute Gasteiger partial charge is 0.349 e. The fraction of sp³-hybridized carbons (Fsp3) is 0.444. The Labute approximate surface area is 228 Å². The highest BCUT2D eigenvalue weighted by Crippen LogP contribution is 2.23. The highest BCUT2D eigenvalue weighted by atomic mass is 35.5. The summed E-state index contributed by atoms with van der Waals surface area (Å²) in [7, 11) is 0. The number of aryl methyl sites for hydroxylation is 1. The topological polar surface area (TPSA) is 97.0 Å². The van der Waals surface area contributed by atoms with Gasteiger partial charge < -0.3 is 14.8 Å². The zero-order valence-electron chi connectivity index (χ0n) is 21.7. The quantitative estimate of drug-likeness (QED) is 0.261. The lowest BCUT2D eigenvalue weighted by Crippen LogP contribution is -2.50. The molecular formula is C27H35Cl2N3O5. The average Bonchev–Trinajstić information content (AvgIpc) is 2.85. The van der Waals surface area contributed by atoms with Crippen LogP contribution in [0.3, 0.4) is 0 Å². The highest BCUT2D eigenvalue weighted by Gasteiger charge is 2.31. The summed E-state index contributed by atoms with van der Waals surface area (Å²) in [5.74, 6) is -0.153. The van der Waals surface area contributed by atoms with Gasteiger partial charge in [0, 0.05) is 13.0 Å². The largest absolute Gasteiger partial charge is 0.476 e. The third kappa shape index (κ3) is 10.1. The maximum Gasteiger partial charge on any atom is 0.349 e. The van der Waals surface area contributed by atoms with E-state index in [1.165, 1.54) is 5.01 Å². The summed E-state index contributed by atoms with van der Waals surface area (Å²) in [5.41, 5.74) is 3.35. The number of benzene rings is 2. The van der Waals surface area contributed by atoms with Crippen LogP contribution < -0.4 is 15.5 Å². The molecule has 2 rings (SSSR count). The van der Waals surface area contributed by atoms with Crippen LogP contribution in [0.1, 0.15) is 58.1 Å². The van der Waals surface area contributed by atoms with E-state index >= 15 is 0 Å². The predicted molar refractivity (Wildman–Crippen MR) is 145 cm³/mol. The predicted octanol–water partition coefficient (Wildman–Crippen LogP) is 5.69. The molecule has 0 spiro atoms. The van der Waals surface area contributed by atoms with Crippen LogP contribution in [0.15, 0.2) is 42.5 Å². The van der Waals surface area contributed by atoms with E-state index in [1.54, 1.807) is 51.1 Å². The van der Waals surface area contributed by atoms with Gasteiger partial charge in [0.15, 0.2) is 5.60 Å². The van der Waals surface area contributed by atoms with Crippen LogP contribution in [0.2, 0.25) is 10.0 Å². The summed E-state index contributed by atoms with van der Waals surface area (Å²) >= 11 is 12.1. The summed E-state index contributed by atoms with van der Waals surface area (Å²) in [4.78, 5) is 37.2. The lowest BCUT2D eigenvalue weighted by Gasteiger charge is -2.24. The van der Waals surface area contributed by atoms with Crippen LogP contribution in [0.5, 0.6) is 5.75 Å². The molecule has 0 saturated carbocycles. The molecule has 0 aliphatic carbocycles. The van der Waals surface area contributed by atoms with Crippen LogP contribution in [-0.4, -0.2) is 41.7 Å². The van der Waals surface area contributed by atoms with Crippen molar-refractivity contribution in [3.63, 3.8) is 0 Å². The van der Waals surface area contributed by atoms with E-state index < -0.39 is 17.6 Å². The first-order valence-corrected chi connectivity index (χ1v) is 13.0. The van der Waals surface area contributed by atoms with E-state index in [0.29, 0.717) is 35.2 Å². The highest BCUT2D eigenvalue weighted by molar-refractivity contribution is 6.42. The first kappa shape index (κ1) is 30.3.